The topological polar surface area (TPSA) is 18.5 Å². The van der Waals surface area contributed by atoms with Gasteiger partial charge in [0, 0.05) is 5.56 Å². The zero-order valence-electron chi connectivity index (χ0n) is 28.5. The molecule has 5 aromatic carbocycles. The maximum absolute atomic E-state index is 6.84. The molecule has 0 amide bonds. The van der Waals surface area contributed by atoms with E-state index in [1.807, 2.05) is 12.1 Å². The summed E-state index contributed by atoms with van der Waals surface area (Å²) in [6, 6.07) is 39.1. The molecule has 5 aromatic rings. The van der Waals surface area contributed by atoms with Crippen LogP contribution in [-0.4, -0.2) is 0 Å². The first-order valence-electron chi connectivity index (χ1n) is 17.9. The molecule has 9 rings (SSSR count). The Labute approximate surface area is 300 Å². The summed E-state index contributed by atoms with van der Waals surface area (Å²) < 4.78 is 13.5. The minimum atomic E-state index is -0.442. The quantitative estimate of drug-likeness (QED) is 0.159. The van der Waals surface area contributed by atoms with Crippen molar-refractivity contribution in [3.05, 3.63) is 216 Å². The lowest BCUT2D eigenvalue weighted by Gasteiger charge is -2.36. The Morgan fingerprint density at radius 2 is 1.53 bits per heavy atom. The average Bonchev–Trinajstić information content (AvgIpc) is 3.50. The lowest BCUT2D eigenvalue weighted by atomic mass is 9.66. The number of rotatable bonds is 7. The zero-order valence-corrected chi connectivity index (χ0v) is 28.5. The Hall–Kier alpha value is -6.12. The molecule has 246 valence electrons. The molecule has 2 nitrogen and oxygen atoms in total. The predicted molar refractivity (Wildman–Crippen MR) is 210 cm³/mol. The third-order valence-electron chi connectivity index (χ3n) is 10.4. The van der Waals surface area contributed by atoms with Crippen molar-refractivity contribution in [2.24, 2.45) is 0 Å². The number of ether oxygens (including phenoxy) is 2. The Morgan fingerprint density at radius 1 is 0.706 bits per heavy atom. The summed E-state index contributed by atoms with van der Waals surface area (Å²) >= 11 is 0. The van der Waals surface area contributed by atoms with Crippen LogP contribution in [0.15, 0.2) is 193 Å². The average molecular weight is 659 g/mol. The fourth-order valence-corrected chi connectivity index (χ4v) is 8.18. The number of benzene rings is 5. The van der Waals surface area contributed by atoms with E-state index in [0.29, 0.717) is 0 Å². The minimum absolute atomic E-state index is 0.442. The Bertz CT molecular complexity index is 2360. The van der Waals surface area contributed by atoms with Crippen molar-refractivity contribution in [1.82, 2.24) is 0 Å². The summed E-state index contributed by atoms with van der Waals surface area (Å²) in [5, 5.41) is 0. The first kappa shape index (κ1) is 30.9. The van der Waals surface area contributed by atoms with Gasteiger partial charge in [-0.25, -0.2) is 0 Å². The SMILES string of the molecule is C=C/C=C(\C=C1\C=CC=CC1)Cc1ccc(-c2ccc3c(c2)Oc2ccc4c(c2O3)-c2ccccc2C4(C2=CCCC=C2)c2ccccc2)cc1. The summed E-state index contributed by atoms with van der Waals surface area (Å²) in [5.74, 6) is 2.96. The molecule has 1 heterocycles. The molecule has 0 N–H and O–H groups in total. The van der Waals surface area contributed by atoms with E-state index >= 15 is 0 Å². The van der Waals surface area contributed by atoms with Gasteiger partial charge in [-0.3, -0.25) is 0 Å². The van der Waals surface area contributed by atoms with Crippen molar-refractivity contribution in [2.45, 2.75) is 31.1 Å². The van der Waals surface area contributed by atoms with E-state index in [-0.39, 0.29) is 0 Å². The predicted octanol–water partition coefficient (Wildman–Crippen LogP) is 12.9. The number of hydrogen-bond donors (Lipinski definition) is 0. The molecule has 1 aliphatic heterocycles. The van der Waals surface area contributed by atoms with Crippen LogP contribution in [-0.2, 0) is 11.8 Å². The summed E-state index contributed by atoms with van der Waals surface area (Å²) in [6.45, 7) is 3.94. The third kappa shape index (κ3) is 5.36. The highest BCUT2D eigenvalue weighted by molar-refractivity contribution is 5.92. The van der Waals surface area contributed by atoms with Crippen molar-refractivity contribution in [3.63, 3.8) is 0 Å². The number of fused-ring (bicyclic) bond motifs is 6. The van der Waals surface area contributed by atoms with Crippen LogP contribution in [0.25, 0.3) is 22.3 Å². The van der Waals surface area contributed by atoms with Gasteiger partial charge in [-0.2, -0.15) is 0 Å². The van der Waals surface area contributed by atoms with Crippen LogP contribution in [0.2, 0.25) is 0 Å². The standard InChI is InChI=1S/C49H38O2/c1-2-14-36(31-34-15-6-3-7-16-34)32-35-23-25-37(26-24-35)38-27-29-44-46(33-38)50-45-30-28-43-47(48(45)51-44)41-21-12-13-22-42(41)49(43,39-17-8-4-9-18-39)40-19-10-5-11-20-40/h2-4,6-10,12-15,17-31,33H,1,5,11,16,32H2/b34-31-,36-14+. The smallest absolute Gasteiger partial charge is 0.178 e. The van der Waals surface area contributed by atoms with Crippen molar-refractivity contribution in [1.29, 1.82) is 0 Å². The van der Waals surface area contributed by atoms with Crippen LogP contribution in [0.4, 0.5) is 0 Å². The molecule has 4 aliphatic rings. The Kier molecular flexibility index (Phi) is 7.86. The van der Waals surface area contributed by atoms with Crippen LogP contribution >= 0.6 is 0 Å². The van der Waals surface area contributed by atoms with Gasteiger partial charge < -0.3 is 9.47 Å². The van der Waals surface area contributed by atoms with Crippen LogP contribution in [0.1, 0.15) is 41.5 Å². The van der Waals surface area contributed by atoms with Crippen molar-refractivity contribution < 1.29 is 9.47 Å². The van der Waals surface area contributed by atoms with E-state index in [4.69, 9.17) is 9.47 Å². The maximum atomic E-state index is 6.84. The molecular formula is C49H38O2. The van der Waals surface area contributed by atoms with E-state index in [2.05, 4.69) is 164 Å². The summed E-state index contributed by atoms with van der Waals surface area (Å²) in [5.41, 5.74) is 12.9. The second-order valence-electron chi connectivity index (χ2n) is 13.5. The Balaban J connectivity index is 1.05. The molecule has 0 saturated carbocycles. The fourth-order valence-electron chi connectivity index (χ4n) is 8.18. The van der Waals surface area contributed by atoms with Crippen molar-refractivity contribution in [3.8, 4) is 45.3 Å². The molecule has 0 bridgehead atoms. The van der Waals surface area contributed by atoms with Gasteiger partial charge in [0.25, 0.3) is 0 Å². The monoisotopic (exact) mass is 658 g/mol. The lowest BCUT2D eigenvalue weighted by Crippen LogP contribution is -2.29. The molecule has 2 heteroatoms. The van der Waals surface area contributed by atoms with Gasteiger partial charge in [0.1, 0.15) is 0 Å². The molecular weight excluding hydrogens is 621 g/mol. The normalized spacial score (nSPS) is 18.9. The van der Waals surface area contributed by atoms with Crippen LogP contribution in [0, 0.1) is 0 Å². The highest BCUT2D eigenvalue weighted by atomic mass is 16.6. The van der Waals surface area contributed by atoms with E-state index in [1.54, 1.807) is 0 Å². The van der Waals surface area contributed by atoms with Crippen LogP contribution in [0.3, 0.4) is 0 Å². The van der Waals surface area contributed by atoms with Crippen LogP contribution < -0.4 is 9.47 Å². The van der Waals surface area contributed by atoms with Crippen molar-refractivity contribution in [2.75, 3.05) is 0 Å². The highest BCUT2D eigenvalue weighted by Gasteiger charge is 2.49. The molecule has 3 aliphatic carbocycles. The fraction of sp³-hybridized carbons (Fsp3) is 0.102. The maximum Gasteiger partial charge on any atom is 0.178 e. The first-order valence-corrected chi connectivity index (χ1v) is 17.9. The van der Waals surface area contributed by atoms with Gasteiger partial charge in [0.2, 0.25) is 0 Å². The van der Waals surface area contributed by atoms with Gasteiger partial charge in [-0.05, 0) is 99.5 Å². The molecule has 1 atom stereocenters. The Morgan fingerprint density at radius 3 is 2.33 bits per heavy atom. The second-order valence-corrected chi connectivity index (χ2v) is 13.5. The first-order chi connectivity index (χ1) is 25.2. The summed E-state index contributed by atoms with van der Waals surface area (Å²) in [6.07, 6.45) is 25.7. The van der Waals surface area contributed by atoms with Gasteiger partial charge in [0.05, 0.1) is 5.41 Å². The van der Waals surface area contributed by atoms with Gasteiger partial charge in [-0.15, -0.1) is 0 Å². The number of hydrogen-bond acceptors (Lipinski definition) is 2. The molecule has 0 fully saturated rings. The van der Waals surface area contributed by atoms with Crippen molar-refractivity contribution >= 4 is 0 Å². The van der Waals surface area contributed by atoms with E-state index in [0.717, 1.165) is 65.4 Å². The molecule has 0 saturated heterocycles. The van der Waals surface area contributed by atoms with E-state index < -0.39 is 5.41 Å². The second kappa shape index (κ2) is 13.0. The summed E-state index contributed by atoms with van der Waals surface area (Å²) in [7, 11) is 0. The van der Waals surface area contributed by atoms with Gasteiger partial charge in [0.15, 0.2) is 23.0 Å². The summed E-state index contributed by atoms with van der Waals surface area (Å²) in [4.78, 5) is 0. The number of allylic oxidation sites excluding steroid dienone is 13. The molecule has 0 spiro atoms. The van der Waals surface area contributed by atoms with Crippen LogP contribution in [0.5, 0.6) is 23.0 Å². The largest absolute Gasteiger partial charge is 0.449 e. The van der Waals surface area contributed by atoms with Gasteiger partial charge >= 0.3 is 0 Å². The van der Waals surface area contributed by atoms with E-state index in [9.17, 15) is 0 Å². The molecule has 1 unspecified atom stereocenters. The molecule has 0 aromatic heterocycles. The minimum Gasteiger partial charge on any atom is -0.449 e. The lowest BCUT2D eigenvalue weighted by molar-refractivity contribution is 0.360. The highest BCUT2D eigenvalue weighted by Crippen LogP contribution is 2.62. The molecule has 0 radical (unpaired) electrons. The van der Waals surface area contributed by atoms with E-state index in [1.165, 1.54) is 44.5 Å². The third-order valence-corrected chi connectivity index (χ3v) is 10.4. The van der Waals surface area contributed by atoms with Gasteiger partial charge in [-0.1, -0.05) is 158 Å². The molecule has 51 heavy (non-hydrogen) atoms. The zero-order chi connectivity index (χ0) is 34.2.